The molecular weight excluding hydrogens is 338 g/mol. The van der Waals surface area contributed by atoms with Crippen molar-refractivity contribution in [3.8, 4) is 0 Å². The minimum absolute atomic E-state index is 0.101. The third-order valence-corrected chi connectivity index (χ3v) is 4.86. The molecule has 1 aromatic rings. The number of amides is 2. The Morgan fingerprint density at radius 2 is 2.08 bits per heavy atom. The van der Waals surface area contributed by atoms with Crippen molar-refractivity contribution in [1.29, 1.82) is 0 Å². The van der Waals surface area contributed by atoms with Crippen molar-refractivity contribution in [1.82, 2.24) is 14.8 Å². The van der Waals surface area contributed by atoms with Gasteiger partial charge in [-0.05, 0) is 25.0 Å². The monoisotopic (exact) mass is 361 g/mol. The molecule has 1 unspecified atom stereocenters. The Bertz CT molecular complexity index is 660. The molecule has 2 amide bonds. The van der Waals surface area contributed by atoms with Crippen LogP contribution in [0.3, 0.4) is 0 Å². The molecule has 8 heteroatoms. The number of hydrogen-bond acceptors (Lipinski definition) is 5. The number of carboxylic acids is 1. The van der Waals surface area contributed by atoms with Gasteiger partial charge in [0.05, 0.1) is 18.2 Å². The van der Waals surface area contributed by atoms with Crippen LogP contribution in [0.25, 0.3) is 0 Å². The Morgan fingerprint density at radius 1 is 1.31 bits per heavy atom. The van der Waals surface area contributed by atoms with Gasteiger partial charge in [0.25, 0.3) is 0 Å². The van der Waals surface area contributed by atoms with E-state index in [4.69, 9.17) is 4.74 Å². The van der Waals surface area contributed by atoms with Crippen LogP contribution < -0.4 is 0 Å². The van der Waals surface area contributed by atoms with E-state index in [1.807, 2.05) is 12.1 Å². The molecule has 1 atom stereocenters. The molecule has 1 N–H and O–H groups in total. The smallest absolute Gasteiger partial charge is 0.323 e. The second kappa shape index (κ2) is 8.27. The molecule has 140 valence electrons. The largest absolute Gasteiger partial charge is 0.480 e. The zero-order valence-corrected chi connectivity index (χ0v) is 14.5. The molecule has 3 heterocycles. The quantitative estimate of drug-likeness (QED) is 0.793. The maximum atomic E-state index is 13.0. The standard InChI is InChI=1S/C18H23N3O5/c22-16-9-13(10-20(16)11-14-3-1-2-6-19-14)18(25)21(12-17(23)24)15-4-7-26-8-5-15/h1-3,6,13,15H,4-5,7-12H2,(H,23,24). The fraction of sp³-hybridized carbons (Fsp3) is 0.556. The van der Waals surface area contributed by atoms with Crippen molar-refractivity contribution < 1.29 is 24.2 Å². The van der Waals surface area contributed by atoms with Gasteiger partial charge in [-0.3, -0.25) is 19.4 Å². The van der Waals surface area contributed by atoms with E-state index in [1.165, 1.54) is 4.90 Å². The molecule has 1 aromatic heterocycles. The fourth-order valence-corrected chi connectivity index (χ4v) is 3.54. The molecule has 2 fully saturated rings. The number of carbonyl (C=O) groups is 3. The maximum absolute atomic E-state index is 13.0. The molecule has 0 aliphatic carbocycles. The van der Waals surface area contributed by atoms with Crippen LogP contribution in [-0.2, 0) is 25.7 Å². The zero-order chi connectivity index (χ0) is 18.5. The molecule has 0 radical (unpaired) electrons. The van der Waals surface area contributed by atoms with Gasteiger partial charge in [-0.25, -0.2) is 0 Å². The number of likely N-dealkylation sites (tertiary alicyclic amines) is 1. The van der Waals surface area contributed by atoms with Crippen molar-refractivity contribution >= 4 is 17.8 Å². The van der Waals surface area contributed by atoms with Gasteiger partial charge < -0.3 is 19.6 Å². The number of rotatable bonds is 6. The van der Waals surface area contributed by atoms with Gasteiger partial charge in [-0.1, -0.05) is 6.07 Å². The Morgan fingerprint density at radius 3 is 2.73 bits per heavy atom. The predicted octanol–water partition coefficient (Wildman–Crippen LogP) is 0.522. The van der Waals surface area contributed by atoms with Crippen LogP contribution in [0.5, 0.6) is 0 Å². The van der Waals surface area contributed by atoms with E-state index in [9.17, 15) is 19.5 Å². The number of hydrogen-bond donors (Lipinski definition) is 1. The van der Waals surface area contributed by atoms with Gasteiger partial charge in [-0.2, -0.15) is 0 Å². The molecule has 0 aromatic carbocycles. The first-order valence-corrected chi connectivity index (χ1v) is 8.82. The third kappa shape index (κ3) is 4.37. The summed E-state index contributed by atoms with van der Waals surface area (Å²) in [6.07, 6.45) is 3.03. The number of nitrogens with zero attached hydrogens (tertiary/aromatic N) is 3. The van der Waals surface area contributed by atoms with Crippen LogP contribution in [0.1, 0.15) is 25.0 Å². The number of ether oxygens (including phenoxy) is 1. The van der Waals surface area contributed by atoms with E-state index in [-0.39, 0.29) is 30.8 Å². The van der Waals surface area contributed by atoms with Crippen molar-refractivity contribution in [2.24, 2.45) is 5.92 Å². The number of aliphatic carboxylic acids is 1. The number of carboxylic acid groups (broad SMARTS) is 1. The van der Waals surface area contributed by atoms with E-state index in [0.29, 0.717) is 39.1 Å². The summed E-state index contributed by atoms with van der Waals surface area (Å²) in [6, 6.07) is 5.35. The van der Waals surface area contributed by atoms with Crippen LogP contribution in [0.4, 0.5) is 0 Å². The summed E-state index contributed by atoms with van der Waals surface area (Å²) in [6.45, 7) is 1.36. The number of carbonyl (C=O) groups excluding carboxylic acids is 2. The second-order valence-electron chi connectivity index (χ2n) is 6.70. The van der Waals surface area contributed by atoms with E-state index in [0.717, 1.165) is 5.69 Å². The maximum Gasteiger partial charge on any atom is 0.323 e. The first-order valence-electron chi connectivity index (χ1n) is 8.82. The van der Waals surface area contributed by atoms with E-state index in [1.54, 1.807) is 17.2 Å². The van der Waals surface area contributed by atoms with Crippen molar-refractivity contribution in [2.75, 3.05) is 26.3 Å². The Kier molecular flexibility index (Phi) is 5.82. The highest BCUT2D eigenvalue weighted by Crippen LogP contribution is 2.24. The highest BCUT2D eigenvalue weighted by Gasteiger charge is 2.39. The first kappa shape index (κ1) is 18.3. The minimum Gasteiger partial charge on any atom is -0.480 e. The van der Waals surface area contributed by atoms with Crippen molar-refractivity contribution in [3.05, 3.63) is 30.1 Å². The summed E-state index contributed by atoms with van der Waals surface area (Å²) in [5.41, 5.74) is 0.765. The lowest BCUT2D eigenvalue weighted by Gasteiger charge is -2.34. The molecule has 0 spiro atoms. The number of aromatic nitrogens is 1. The Labute approximate surface area is 151 Å². The van der Waals surface area contributed by atoms with Crippen LogP contribution in [0, 0.1) is 5.92 Å². The van der Waals surface area contributed by atoms with Crippen LogP contribution in [0.2, 0.25) is 0 Å². The molecule has 0 saturated carbocycles. The lowest BCUT2D eigenvalue weighted by Crippen LogP contribution is -2.48. The molecule has 3 rings (SSSR count). The van der Waals surface area contributed by atoms with Crippen LogP contribution >= 0.6 is 0 Å². The van der Waals surface area contributed by atoms with Crippen molar-refractivity contribution in [2.45, 2.75) is 31.8 Å². The van der Waals surface area contributed by atoms with Crippen LogP contribution in [-0.4, -0.2) is 70.0 Å². The SMILES string of the molecule is O=C(O)CN(C(=O)C1CC(=O)N(Cc2ccccn2)C1)C1CCOCC1. The lowest BCUT2D eigenvalue weighted by molar-refractivity contribution is -0.149. The lowest BCUT2D eigenvalue weighted by atomic mass is 10.0. The van der Waals surface area contributed by atoms with Crippen molar-refractivity contribution in [3.63, 3.8) is 0 Å². The van der Waals surface area contributed by atoms with Gasteiger partial charge in [0.2, 0.25) is 11.8 Å². The molecule has 0 bridgehead atoms. The summed E-state index contributed by atoms with van der Waals surface area (Å²) in [7, 11) is 0. The topological polar surface area (TPSA) is 100 Å². The molecule has 26 heavy (non-hydrogen) atoms. The van der Waals surface area contributed by atoms with Gasteiger partial charge in [0.1, 0.15) is 6.54 Å². The molecule has 8 nitrogen and oxygen atoms in total. The van der Waals surface area contributed by atoms with E-state index in [2.05, 4.69) is 4.98 Å². The first-order chi connectivity index (χ1) is 12.5. The van der Waals surface area contributed by atoms with Gasteiger partial charge in [-0.15, -0.1) is 0 Å². The summed E-state index contributed by atoms with van der Waals surface area (Å²) in [4.78, 5) is 43.7. The molecular formula is C18H23N3O5. The highest BCUT2D eigenvalue weighted by atomic mass is 16.5. The average molecular weight is 361 g/mol. The van der Waals surface area contributed by atoms with E-state index < -0.39 is 11.9 Å². The van der Waals surface area contributed by atoms with Gasteiger partial charge in [0.15, 0.2) is 0 Å². The zero-order valence-electron chi connectivity index (χ0n) is 14.5. The average Bonchev–Trinajstić information content (AvgIpc) is 3.01. The molecule has 2 saturated heterocycles. The van der Waals surface area contributed by atoms with E-state index >= 15 is 0 Å². The van der Waals surface area contributed by atoms with Gasteiger partial charge in [0, 0.05) is 38.4 Å². The Balaban J connectivity index is 1.67. The number of pyridine rings is 1. The predicted molar refractivity (Wildman–Crippen MR) is 91.0 cm³/mol. The summed E-state index contributed by atoms with van der Waals surface area (Å²) >= 11 is 0. The summed E-state index contributed by atoms with van der Waals surface area (Å²) in [5, 5.41) is 9.19. The fourth-order valence-electron chi connectivity index (χ4n) is 3.54. The van der Waals surface area contributed by atoms with Gasteiger partial charge >= 0.3 is 5.97 Å². The second-order valence-corrected chi connectivity index (χ2v) is 6.70. The highest BCUT2D eigenvalue weighted by molar-refractivity contribution is 5.90. The molecule has 2 aliphatic heterocycles. The summed E-state index contributed by atoms with van der Waals surface area (Å²) in [5.74, 6) is -1.90. The summed E-state index contributed by atoms with van der Waals surface area (Å²) < 4.78 is 5.31. The normalized spacial score (nSPS) is 21.0. The molecule has 2 aliphatic rings. The minimum atomic E-state index is -1.04. The van der Waals surface area contributed by atoms with Crippen LogP contribution in [0.15, 0.2) is 24.4 Å². The third-order valence-electron chi connectivity index (χ3n) is 4.86. The Hall–Kier alpha value is -2.48.